The number of esters is 1. The van der Waals surface area contributed by atoms with Crippen molar-refractivity contribution in [1.82, 2.24) is 9.59 Å². The molecule has 2 aromatic rings. The molecule has 2 rings (SSSR count). The first-order chi connectivity index (χ1) is 7.81. The standard InChI is InChI=1S/C10H7ClN2O2S/c11-6-8-9(16-13-12-8)10(14)15-7-4-2-1-3-5-7/h1-5H,6H2. The molecule has 1 aromatic carbocycles. The number of carbonyl (C=O) groups is 1. The van der Waals surface area contributed by atoms with Crippen molar-refractivity contribution in [2.75, 3.05) is 0 Å². The van der Waals surface area contributed by atoms with Crippen molar-refractivity contribution in [2.45, 2.75) is 5.88 Å². The van der Waals surface area contributed by atoms with Gasteiger partial charge in [0.1, 0.15) is 11.4 Å². The molecule has 0 fully saturated rings. The maximum absolute atomic E-state index is 11.7. The molecular weight excluding hydrogens is 248 g/mol. The Balaban J connectivity index is 2.15. The highest BCUT2D eigenvalue weighted by Gasteiger charge is 2.17. The molecule has 82 valence electrons. The molecule has 0 aliphatic carbocycles. The maximum Gasteiger partial charge on any atom is 0.357 e. The summed E-state index contributed by atoms with van der Waals surface area (Å²) in [7, 11) is 0. The van der Waals surface area contributed by atoms with Gasteiger partial charge in [-0.15, -0.1) is 16.7 Å². The van der Waals surface area contributed by atoms with E-state index in [0.717, 1.165) is 11.5 Å². The molecule has 1 aromatic heterocycles. The summed E-state index contributed by atoms with van der Waals surface area (Å²) >= 11 is 6.60. The molecule has 0 amide bonds. The van der Waals surface area contributed by atoms with Gasteiger partial charge in [-0.2, -0.15) is 0 Å². The Kier molecular flexibility index (Phi) is 3.48. The van der Waals surface area contributed by atoms with Crippen LogP contribution in [0.4, 0.5) is 0 Å². The van der Waals surface area contributed by atoms with E-state index in [4.69, 9.17) is 16.3 Å². The van der Waals surface area contributed by atoms with E-state index in [1.54, 1.807) is 24.3 Å². The van der Waals surface area contributed by atoms with Gasteiger partial charge in [-0.05, 0) is 23.7 Å². The molecule has 0 radical (unpaired) electrons. The number of aromatic nitrogens is 2. The van der Waals surface area contributed by atoms with E-state index in [-0.39, 0.29) is 5.88 Å². The van der Waals surface area contributed by atoms with Gasteiger partial charge in [0.15, 0.2) is 4.88 Å². The van der Waals surface area contributed by atoms with Crippen LogP contribution in [0.1, 0.15) is 15.4 Å². The predicted molar refractivity (Wildman–Crippen MR) is 60.9 cm³/mol. The predicted octanol–water partition coefficient (Wildman–Crippen LogP) is 2.50. The lowest BCUT2D eigenvalue weighted by atomic mass is 10.3. The number of benzene rings is 1. The van der Waals surface area contributed by atoms with Crippen LogP contribution in [0.15, 0.2) is 30.3 Å². The molecule has 0 saturated carbocycles. The third kappa shape index (κ3) is 2.37. The number of ether oxygens (including phenoxy) is 1. The van der Waals surface area contributed by atoms with Crippen molar-refractivity contribution < 1.29 is 9.53 Å². The first-order valence-electron chi connectivity index (χ1n) is 4.45. The summed E-state index contributed by atoms with van der Waals surface area (Å²) < 4.78 is 8.80. The van der Waals surface area contributed by atoms with Crippen LogP contribution in [-0.4, -0.2) is 15.6 Å². The summed E-state index contributed by atoms with van der Waals surface area (Å²) in [6, 6.07) is 8.82. The van der Waals surface area contributed by atoms with Gasteiger partial charge in [-0.25, -0.2) is 4.79 Å². The third-order valence-electron chi connectivity index (χ3n) is 1.82. The molecule has 0 bridgehead atoms. The lowest BCUT2D eigenvalue weighted by Gasteiger charge is -2.01. The van der Waals surface area contributed by atoms with Crippen LogP contribution < -0.4 is 4.74 Å². The molecule has 0 N–H and O–H groups in total. The first kappa shape index (κ1) is 11.0. The number of hydrogen-bond donors (Lipinski definition) is 0. The smallest absolute Gasteiger partial charge is 0.357 e. The number of halogens is 1. The molecular formula is C10H7ClN2O2S. The fraction of sp³-hybridized carbons (Fsp3) is 0.100. The van der Waals surface area contributed by atoms with Crippen LogP contribution in [0, 0.1) is 0 Å². The maximum atomic E-state index is 11.7. The van der Waals surface area contributed by atoms with Crippen LogP contribution >= 0.6 is 23.1 Å². The highest BCUT2D eigenvalue weighted by atomic mass is 35.5. The summed E-state index contributed by atoms with van der Waals surface area (Å²) in [6.07, 6.45) is 0. The van der Waals surface area contributed by atoms with Crippen molar-refractivity contribution >= 4 is 29.1 Å². The summed E-state index contributed by atoms with van der Waals surface area (Å²) in [5, 5.41) is 3.73. The average Bonchev–Trinajstić information content (AvgIpc) is 2.78. The second kappa shape index (κ2) is 5.05. The van der Waals surface area contributed by atoms with Crippen molar-refractivity contribution in [3.63, 3.8) is 0 Å². The van der Waals surface area contributed by atoms with Crippen LogP contribution in [0.5, 0.6) is 5.75 Å². The molecule has 0 unspecified atom stereocenters. The van der Waals surface area contributed by atoms with Gasteiger partial charge in [0.25, 0.3) is 0 Å². The van der Waals surface area contributed by atoms with E-state index in [1.807, 2.05) is 6.07 Å². The van der Waals surface area contributed by atoms with Crippen LogP contribution in [-0.2, 0) is 5.88 Å². The van der Waals surface area contributed by atoms with Gasteiger partial charge >= 0.3 is 5.97 Å². The molecule has 6 heteroatoms. The third-order valence-corrected chi connectivity index (χ3v) is 2.82. The minimum atomic E-state index is -0.475. The fourth-order valence-corrected chi connectivity index (χ4v) is 1.91. The molecule has 0 spiro atoms. The lowest BCUT2D eigenvalue weighted by molar-refractivity contribution is 0.0739. The number of para-hydroxylation sites is 1. The molecule has 0 saturated heterocycles. The molecule has 16 heavy (non-hydrogen) atoms. The number of carbonyl (C=O) groups excluding carboxylic acids is 1. The SMILES string of the molecule is O=C(Oc1ccccc1)c1snnc1CCl. The minimum absolute atomic E-state index is 0.149. The molecule has 0 atom stereocenters. The largest absolute Gasteiger partial charge is 0.422 e. The molecule has 0 aliphatic rings. The van der Waals surface area contributed by atoms with Crippen LogP contribution in [0.25, 0.3) is 0 Å². The van der Waals surface area contributed by atoms with Gasteiger partial charge in [0, 0.05) is 0 Å². The van der Waals surface area contributed by atoms with E-state index >= 15 is 0 Å². The summed E-state index contributed by atoms with van der Waals surface area (Å²) in [5.41, 5.74) is 0.451. The molecule has 4 nitrogen and oxygen atoms in total. The number of alkyl halides is 1. The zero-order chi connectivity index (χ0) is 11.4. The highest BCUT2D eigenvalue weighted by molar-refractivity contribution is 7.07. The van der Waals surface area contributed by atoms with Crippen molar-refractivity contribution in [2.24, 2.45) is 0 Å². The zero-order valence-electron chi connectivity index (χ0n) is 8.09. The summed E-state index contributed by atoms with van der Waals surface area (Å²) in [4.78, 5) is 12.1. The van der Waals surface area contributed by atoms with Crippen LogP contribution in [0.3, 0.4) is 0 Å². The Bertz CT molecular complexity index is 487. The topological polar surface area (TPSA) is 52.1 Å². The fourth-order valence-electron chi connectivity index (χ4n) is 1.09. The van der Waals surface area contributed by atoms with Crippen LogP contribution in [0.2, 0.25) is 0 Å². The Morgan fingerprint density at radius 2 is 2.12 bits per heavy atom. The van der Waals surface area contributed by atoms with Gasteiger partial charge in [0.05, 0.1) is 5.88 Å². The average molecular weight is 255 g/mol. The number of rotatable bonds is 3. The van der Waals surface area contributed by atoms with Crippen molar-refractivity contribution in [3.8, 4) is 5.75 Å². The highest BCUT2D eigenvalue weighted by Crippen LogP contribution is 2.17. The molecule has 1 heterocycles. The van der Waals surface area contributed by atoms with Gasteiger partial charge in [-0.1, -0.05) is 22.7 Å². The quantitative estimate of drug-likeness (QED) is 0.480. The van der Waals surface area contributed by atoms with E-state index in [9.17, 15) is 4.79 Å². The molecule has 0 aliphatic heterocycles. The van der Waals surface area contributed by atoms with Gasteiger partial charge < -0.3 is 4.74 Å². The Labute approximate surface area is 101 Å². The first-order valence-corrected chi connectivity index (χ1v) is 5.76. The Morgan fingerprint density at radius 1 is 1.38 bits per heavy atom. The minimum Gasteiger partial charge on any atom is -0.422 e. The number of hydrogen-bond acceptors (Lipinski definition) is 5. The summed E-state index contributed by atoms with van der Waals surface area (Å²) in [6.45, 7) is 0. The van der Waals surface area contributed by atoms with Gasteiger partial charge in [0.2, 0.25) is 0 Å². The van der Waals surface area contributed by atoms with Gasteiger partial charge in [-0.3, -0.25) is 0 Å². The monoisotopic (exact) mass is 254 g/mol. The second-order valence-electron chi connectivity index (χ2n) is 2.88. The normalized spacial score (nSPS) is 10.1. The summed E-state index contributed by atoms with van der Waals surface area (Å²) in [5.74, 6) is 0.161. The Morgan fingerprint density at radius 3 is 2.81 bits per heavy atom. The van der Waals surface area contributed by atoms with E-state index in [0.29, 0.717) is 16.3 Å². The zero-order valence-corrected chi connectivity index (χ0v) is 9.66. The van der Waals surface area contributed by atoms with E-state index in [2.05, 4.69) is 9.59 Å². The van der Waals surface area contributed by atoms with Crippen molar-refractivity contribution in [1.29, 1.82) is 0 Å². The Hall–Kier alpha value is -1.46. The van der Waals surface area contributed by atoms with E-state index < -0.39 is 5.97 Å². The second-order valence-corrected chi connectivity index (χ2v) is 3.91. The van der Waals surface area contributed by atoms with E-state index in [1.165, 1.54) is 0 Å². The van der Waals surface area contributed by atoms with Crippen molar-refractivity contribution in [3.05, 3.63) is 40.9 Å². The lowest BCUT2D eigenvalue weighted by Crippen LogP contribution is -2.08. The number of nitrogens with zero attached hydrogens (tertiary/aromatic N) is 2.